The van der Waals surface area contributed by atoms with Gasteiger partial charge in [-0.05, 0) is 37.9 Å². The first-order chi connectivity index (χ1) is 18.4. The van der Waals surface area contributed by atoms with E-state index < -0.39 is 75.6 Å². The standard InChI is InChI=1S/C28H28N2O8S/c1-30(2)21-20-23(33)17-14(11-39-12-7-4-3-5-8-12)13-9-6-10-15(31)16(13)22(32)18(17)25(35)28(20,38)26(36)19(24(21)34)27(29)37/h3-10,14,17,20-21,23,31-33,36,38H,11H2,1-2H3,(H2,29,37)/t14-,17?,20?,21-,23-,28-/m0/s1. The molecule has 0 bridgehead atoms. The Labute approximate surface area is 228 Å². The minimum atomic E-state index is -2.94. The van der Waals surface area contributed by atoms with Gasteiger partial charge in [-0.15, -0.1) is 11.8 Å². The van der Waals surface area contributed by atoms with E-state index in [9.17, 15) is 39.9 Å². The summed E-state index contributed by atoms with van der Waals surface area (Å²) >= 11 is 1.43. The van der Waals surface area contributed by atoms with Crippen LogP contribution in [0.25, 0.3) is 5.76 Å². The maximum atomic E-state index is 14.1. The Morgan fingerprint density at radius 2 is 1.72 bits per heavy atom. The zero-order chi connectivity index (χ0) is 28.4. The largest absolute Gasteiger partial charge is 0.508 e. The molecule has 3 aliphatic rings. The monoisotopic (exact) mass is 552 g/mol. The Kier molecular flexibility index (Phi) is 6.58. The lowest BCUT2D eigenvalue weighted by Crippen LogP contribution is -2.70. The predicted molar refractivity (Wildman–Crippen MR) is 142 cm³/mol. The Hall–Kier alpha value is -3.64. The van der Waals surface area contributed by atoms with Crippen molar-refractivity contribution >= 4 is 35.0 Å². The molecule has 0 saturated heterocycles. The molecule has 10 nitrogen and oxygen atoms in total. The average Bonchev–Trinajstić information content (AvgIpc) is 2.88. The van der Waals surface area contributed by atoms with Crippen LogP contribution in [0.15, 0.2) is 70.3 Å². The number of aliphatic hydroxyl groups excluding tert-OH is 3. The normalized spacial score (nSPS) is 30.2. The van der Waals surface area contributed by atoms with Gasteiger partial charge in [0.25, 0.3) is 5.91 Å². The highest BCUT2D eigenvalue weighted by Crippen LogP contribution is 2.56. The van der Waals surface area contributed by atoms with Crippen LogP contribution in [0, 0.1) is 11.8 Å². The number of fused-ring (bicyclic) bond motifs is 3. The fourth-order valence-corrected chi connectivity index (χ4v) is 7.40. The molecule has 6 atom stereocenters. The number of carbonyl (C=O) groups excluding carboxylic acids is 3. The topological polar surface area (TPSA) is 182 Å². The number of nitrogens with two attached hydrogens (primary N) is 1. The van der Waals surface area contributed by atoms with Gasteiger partial charge in [0.15, 0.2) is 11.4 Å². The molecule has 2 unspecified atom stereocenters. The van der Waals surface area contributed by atoms with Crippen molar-refractivity contribution < 1.29 is 39.9 Å². The number of amides is 1. The summed E-state index contributed by atoms with van der Waals surface area (Å²) in [4.78, 5) is 41.9. The van der Waals surface area contributed by atoms with Crippen LogP contribution in [0.1, 0.15) is 17.0 Å². The third-order valence-corrected chi connectivity index (χ3v) is 9.10. The third-order valence-electron chi connectivity index (χ3n) is 7.97. The number of rotatable bonds is 5. The second kappa shape index (κ2) is 9.53. The van der Waals surface area contributed by atoms with Gasteiger partial charge in [-0.1, -0.05) is 30.3 Å². The Morgan fingerprint density at radius 1 is 1.05 bits per heavy atom. The van der Waals surface area contributed by atoms with E-state index in [1.807, 2.05) is 30.3 Å². The van der Waals surface area contributed by atoms with Crippen molar-refractivity contribution in [2.45, 2.75) is 28.6 Å². The number of aliphatic hydroxyl groups is 4. The molecule has 0 radical (unpaired) electrons. The fraction of sp³-hybridized carbons (Fsp3) is 0.321. The molecule has 1 fully saturated rings. The van der Waals surface area contributed by atoms with Gasteiger partial charge in [0.05, 0.1) is 23.6 Å². The SMILES string of the molecule is CN(C)[C@@H]1C(=O)C(C(N)=O)=C(O)[C@@]2(O)C(=O)C3=C(O)c4c(O)cccc4[C@H](CSc4ccccc4)C3[C@H](O)C12. The number of ketones is 2. The molecular weight excluding hydrogens is 524 g/mol. The lowest BCUT2D eigenvalue weighted by Gasteiger charge is -2.54. The van der Waals surface area contributed by atoms with Crippen LogP contribution in [0.2, 0.25) is 0 Å². The van der Waals surface area contributed by atoms with E-state index in [-0.39, 0.29) is 11.3 Å². The second-order valence-corrected chi connectivity index (χ2v) is 11.3. The molecule has 11 heteroatoms. The summed E-state index contributed by atoms with van der Waals surface area (Å²) in [5.74, 6) is -8.77. The van der Waals surface area contributed by atoms with Crippen molar-refractivity contribution in [1.82, 2.24) is 4.90 Å². The summed E-state index contributed by atoms with van der Waals surface area (Å²) in [6.07, 6.45) is -1.64. The molecule has 2 aromatic carbocycles. The number of aromatic hydroxyl groups is 1. The fourth-order valence-electron chi connectivity index (χ4n) is 6.30. The van der Waals surface area contributed by atoms with Crippen LogP contribution in [-0.4, -0.2) is 85.5 Å². The van der Waals surface area contributed by atoms with E-state index in [4.69, 9.17) is 5.73 Å². The Morgan fingerprint density at radius 3 is 2.33 bits per heavy atom. The van der Waals surface area contributed by atoms with E-state index in [1.165, 1.54) is 36.8 Å². The highest BCUT2D eigenvalue weighted by atomic mass is 32.2. The van der Waals surface area contributed by atoms with Crippen LogP contribution in [-0.2, 0) is 14.4 Å². The van der Waals surface area contributed by atoms with Gasteiger partial charge in [0.1, 0.15) is 22.8 Å². The number of nitrogens with zero attached hydrogens (tertiary/aromatic N) is 1. The number of benzene rings is 2. The number of hydrogen-bond donors (Lipinski definition) is 6. The van der Waals surface area contributed by atoms with Crippen molar-refractivity contribution in [3.63, 3.8) is 0 Å². The lowest BCUT2D eigenvalue weighted by atomic mass is 9.54. The van der Waals surface area contributed by atoms with E-state index in [0.29, 0.717) is 11.3 Å². The van der Waals surface area contributed by atoms with Crippen molar-refractivity contribution in [2.75, 3.05) is 19.8 Å². The molecule has 0 spiro atoms. The van der Waals surface area contributed by atoms with Gasteiger partial charge >= 0.3 is 0 Å². The van der Waals surface area contributed by atoms with Gasteiger partial charge in [0, 0.05) is 28.1 Å². The Balaban J connectivity index is 1.75. The average molecular weight is 553 g/mol. The van der Waals surface area contributed by atoms with Crippen LogP contribution in [0.3, 0.4) is 0 Å². The van der Waals surface area contributed by atoms with Gasteiger partial charge in [0.2, 0.25) is 5.78 Å². The number of hydrogen-bond acceptors (Lipinski definition) is 10. The molecule has 1 saturated carbocycles. The molecule has 5 rings (SSSR count). The van der Waals surface area contributed by atoms with Gasteiger partial charge in [-0.25, -0.2) is 0 Å². The molecule has 0 aromatic heterocycles. The number of thioether (sulfide) groups is 1. The Bertz CT molecular complexity index is 1450. The van der Waals surface area contributed by atoms with E-state index in [1.54, 1.807) is 12.1 Å². The van der Waals surface area contributed by atoms with Crippen LogP contribution in [0.5, 0.6) is 5.75 Å². The molecule has 39 heavy (non-hydrogen) atoms. The summed E-state index contributed by atoms with van der Waals surface area (Å²) in [7, 11) is 2.95. The minimum Gasteiger partial charge on any atom is -0.508 e. The second-order valence-electron chi connectivity index (χ2n) is 10.2. The number of primary amides is 1. The number of phenolic OH excluding ortho intramolecular Hbond substituents is 1. The van der Waals surface area contributed by atoms with Gasteiger partial charge in [-0.3, -0.25) is 19.3 Å². The third kappa shape index (κ3) is 3.80. The maximum Gasteiger partial charge on any atom is 0.255 e. The van der Waals surface area contributed by atoms with E-state index >= 15 is 0 Å². The molecule has 1 amide bonds. The van der Waals surface area contributed by atoms with Crippen molar-refractivity contribution in [2.24, 2.45) is 17.6 Å². The smallest absolute Gasteiger partial charge is 0.255 e. The van der Waals surface area contributed by atoms with Crippen molar-refractivity contribution in [3.8, 4) is 5.75 Å². The molecule has 0 aliphatic heterocycles. The molecule has 204 valence electrons. The molecule has 2 aromatic rings. The van der Waals surface area contributed by atoms with Gasteiger partial charge in [-0.2, -0.15) is 0 Å². The van der Waals surface area contributed by atoms with Crippen LogP contribution >= 0.6 is 11.8 Å². The zero-order valence-electron chi connectivity index (χ0n) is 21.1. The molecule has 0 heterocycles. The lowest BCUT2D eigenvalue weighted by molar-refractivity contribution is -0.169. The summed E-state index contributed by atoms with van der Waals surface area (Å²) in [6, 6.07) is 12.6. The number of carbonyl (C=O) groups is 3. The number of likely N-dealkylation sites (N-methyl/N-ethyl adjacent to an activating group) is 1. The first kappa shape index (κ1) is 26.9. The summed E-state index contributed by atoms with van der Waals surface area (Å²) in [5, 5.41) is 56.7. The zero-order valence-corrected chi connectivity index (χ0v) is 21.9. The van der Waals surface area contributed by atoms with Gasteiger partial charge < -0.3 is 31.3 Å². The highest BCUT2D eigenvalue weighted by molar-refractivity contribution is 7.99. The minimum absolute atomic E-state index is 0.0281. The number of Topliss-reactive ketones (excluding diaryl/α,β-unsaturated/α-hetero) is 2. The van der Waals surface area contributed by atoms with E-state index in [2.05, 4.69) is 0 Å². The quantitative estimate of drug-likeness (QED) is 0.233. The molecule has 3 aliphatic carbocycles. The van der Waals surface area contributed by atoms with Crippen molar-refractivity contribution in [3.05, 3.63) is 76.6 Å². The first-order valence-corrected chi connectivity index (χ1v) is 13.2. The predicted octanol–water partition coefficient (Wildman–Crippen LogP) is 1.27. The number of phenols is 1. The maximum absolute atomic E-state index is 14.1. The van der Waals surface area contributed by atoms with Crippen LogP contribution in [0.4, 0.5) is 0 Å². The van der Waals surface area contributed by atoms with E-state index in [0.717, 1.165) is 4.90 Å². The highest BCUT2D eigenvalue weighted by Gasteiger charge is 2.68. The summed E-state index contributed by atoms with van der Waals surface area (Å²) in [5.41, 5.74) is 1.51. The van der Waals surface area contributed by atoms with Crippen molar-refractivity contribution in [1.29, 1.82) is 0 Å². The molecular formula is C28H28N2O8S. The summed E-state index contributed by atoms with van der Waals surface area (Å²) < 4.78 is 0. The first-order valence-electron chi connectivity index (χ1n) is 12.3. The summed E-state index contributed by atoms with van der Waals surface area (Å²) in [6.45, 7) is 0. The molecule has 7 N–H and O–H groups in total. The van der Waals surface area contributed by atoms with Crippen LogP contribution < -0.4 is 5.73 Å².